The van der Waals surface area contributed by atoms with Crippen molar-refractivity contribution in [3.05, 3.63) is 0 Å². The van der Waals surface area contributed by atoms with E-state index in [2.05, 4.69) is 5.32 Å². The van der Waals surface area contributed by atoms with E-state index in [1.54, 1.807) is 0 Å². The first-order chi connectivity index (χ1) is 15.4. The molecule has 0 aromatic heterocycles. The molecule has 0 aliphatic rings. The van der Waals surface area contributed by atoms with Gasteiger partial charge in [-0.1, -0.05) is 0 Å². The minimum atomic E-state index is -1.24. The molecule has 0 saturated carbocycles. The van der Waals surface area contributed by atoms with Gasteiger partial charge in [-0.2, -0.15) is 0 Å². The van der Waals surface area contributed by atoms with Crippen LogP contribution in [-0.2, 0) is 24.0 Å². The average Bonchev–Trinajstić information content (AvgIpc) is 2.66. The number of nitrogens with zero attached hydrogens (tertiary/aromatic N) is 3. The molecule has 192 valence electrons. The zero-order valence-corrected chi connectivity index (χ0v) is 18.7. The van der Waals surface area contributed by atoms with Crippen LogP contribution >= 0.6 is 0 Å². The predicted molar refractivity (Wildman–Crippen MR) is 115 cm³/mol. The number of hydrogen-bond donors (Lipinski definition) is 7. The van der Waals surface area contributed by atoms with Gasteiger partial charge in [-0.3, -0.25) is 38.7 Å². The van der Waals surface area contributed by atoms with Crippen LogP contribution in [0.5, 0.6) is 0 Å². The van der Waals surface area contributed by atoms with E-state index in [0.29, 0.717) is 0 Å². The monoisotopic (exact) mass is 481 g/mol. The molecule has 0 atom stereocenters. The highest BCUT2D eigenvalue weighted by Gasteiger charge is 2.19. The summed E-state index contributed by atoms with van der Waals surface area (Å²) in [5, 5.41) is 47.1. The summed E-state index contributed by atoms with van der Waals surface area (Å²) in [7, 11) is 1.93. The fourth-order valence-corrected chi connectivity index (χ4v) is 2.50. The summed E-state index contributed by atoms with van der Waals surface area (Å²) in [6.45, 7) is -0.905. The third-order valence-electron chi connectivity index (χ3n) is 3.89. The number of carbonyl (C=O) groups is 5. The number of nitrogens with two attached hydrogens (primary N) is 1. The quantitative estimate of drug-likeness (QED) is 0.0903. The van der Waals surface area contributed by atoms with Gasteiger partial charge in [-0.25, -0.2) is 0 Å². The molecule has 0 aliphatic carbocycles. The zero-order chi connectivity index (χ0) is 25.8. The summed E-state index contributed by atoms with van der Waals surface area (Å²) in [4.78, 5) is 57.6. The summed E-state index contributed by atoms with van der Waals surface area (Å²) in [5.74, 6) is -6.16. The van der Waals surface area contributed by atoms with Crippen molar-refractivity contribution < 1.29 is 49.5 Å². The van der Waals surface area contributed by atoms with E-state index in [0.717, 1.165) is 29.3 Å². The van der Waals surface area contributed by atoms with E-state index in [4.69, 9.17) is 31.3 Å². The molecular formula is C18H35N5O10. The van der Waals surface area contributed by atoms with Crippen LogP contribution in [0.25, 0.3) is 0 Å². The third kappa shape index (κ3) is 23.6. The molecule has 0 radical (unpaired) electrons. The molecule has 0 spiro atoms. The Morgan fingerprint density at radius 3 is 1.09 bits per heavy atom. The van der Waals surface area contributed by atoms with Crippen molar-refractivity contribution in [1.29, 1.82) is 0 Å². The van der Waals surface area contributed by atoms with Gasteiger partial charge in [0.2, 0.25) is 0 Å². The topological polar surface area (TPSA) is 234 Å². The van der Waals surface area contributed by atoms with E-state index in [9.17, 15) is 24.0 Å². The van der Waals surface area contributed by atoms with Gasteiger partial charge in [0.15, 0.2) is 0 Å². The molecule has 0 saturated heterocycles. The highest BCUT2D eigenvalue weighted by Crippen LogP contribution is 1.97. The summed E-state index contributed by atoms with van der Waals surface area (Å²) >= 11 is 0. The fourth-order valence-electron chi connectivity index (χ4n) is 2.50. The molecular weight excluding hydrogens is 446 g/mol. The predicted octanol–water partition coefficient (Wildman–Crippen LogP) is -3.13. The third-order valence-corrected chi connectivity index (χ3v) is 3.89. The second-order valence-electron chi connectivity index (χ2n) is 6.91. The minimum absolute atomic E-state index is 0.000836. The van der Waals surface area contributed by atoms with Crippen molar-refractivity contribution in [3.8, 4) is 0 Å². The van der Waals surface area contributed by atoms with E-state index >= 15 is 0 Å². The van der Waals surface area contributed by atoms with Gasteiger partial charge in [0.05, 0.1) is 32.7 Å². The average molecular weight is 482 g/mol. The van der Waals surface area contributed by atoms with Gasteiger partial charge >= 0.3 is 29.8 Å². The van der Waals surface area contributed by atoms with Gasteiger partial charge in [0.25, 0.3) is 0 Å². The van der Waals surface area contributed by atoms with Crippen molar-refractivity contribution >= 4 is 29.8 Å². The number of aliphatic carboxylic acids is 5. The van der Waals surface area contributed by atoms with Crippen molar-refractivity contribution in [2.75, 3.05) is 79.0 Å². The van der Waals surface area contributed by atoms with E-state index in [1.807, 2.05) is 7.05 Å². The lowest BCUT2D eigenvalue weighted by Crippen LogP contribution is -2.45. The summed E-state index contributed by atoms with van der Waals surface area (Å²) in [5.41, 5.74) is 5.17. The molecule has 15 heteroatoms. The van der Waals surface area contributed by atoms with Crippen LogP contribution in [0.15, 0.2) is 0 Å². The Labute approximate surface area is 191 Å². The number of rotatable bonds is 19. The van der Waals surface area contributed by atoms with Crippen molar-refractivity contribution in [3.63, 3.8) is 0 Å². The molecule has 0 heterocycles. The smallest absolute Gasteiger partial charge is 0.317 e. The lowest BCUT2D eigenvalue weighted by Gasteiger charge is -2.27. The first-order valence-electron chi connectivity index (χ1n) is 10.0. The largest absolute Gasteiger partial charge is 0.480 e. The maximum atomic E-state index is 11.0. The Hall–Kier alpha value is -2.85. The molecule has 0 aliphatic heterocycles. The number of hydrogen-bond acceptors (Lipinski definition) is 10. The van der Waals surface area contributed by atoms with Crippen LogP contribution in [-0.4, -0.2) is 149 Å². The highest BCUT2D eigenvalue weighted by atomic mass is 16.4. The Balaban J connectivity index is 0. The Bertz CT molecular complexity index is 543. The maximum Gasteiger partial charge on any atom is 0.317 e. The second-order valence-corrected chi connectivity index (χ2v) is 6.91. The molecule has 33 heavy (non-hydrogen) atoms. The van der Waals surface area contributed by atoms with Crippen molar-refractivity contribution in [1.82, 2.24) is 20.0 Å². The second kappa shape index (κ2) is 19.8. The van der Waals surface area contributed by atoms with E-state index < -0.39 is 62.6 Å². The molecule has 8 N–H and O–H groups in total. The Morgan fingerprint density at radius 1 is 0.606 bits per heavy atom. The number of carboxylic acid groups (broad SMARTS) is 5. The molecule has 0 unspecified atom stereocenters. The van der Waals surface area contributed by atoms with Gasteiger partial charge in [-0.05, 0) is 26.6 Å². The van der Waals surface area contributed by atoms with Crippen LogP contribution in [0.1, 0.15) is 6.42 Å². The van der Waals surface area contributed by atoms with Crippen molar-refractivity contribution in [2.45, 2.75) is 6.42 Å². The van der Waals surface area contributed by atoms with Crippen LogP contribution in [0.3, 0.4) is 0 Å². The zero-order valence-electron chi connectivity index (χ0n) is 18.7. The minimum Gasteiger partial charge on any atom is -0.480 e. The number of nitrogens with one attached hydrogen (secondary N) is 1. The van der Waals surface area contributed by atoms with Crippen LogP contribution < -0.4 is 11.1 Å². The van der Waals surface area contributed by atoms with E-state index in [1.165, 1.54) is 4.90 Å². The number of carboxylic acids is 5. The molecule has 0 rings (SSSR count). The van der Waals surface area contributed by atoms with E-state index in [-0.39, 0.29) is 26.2 Å². The summed E-state index contributed by atoms with van der Waals surface area (Å²) < 4.78 is 0. The Kier molecular flexibility index (Phi) is 19.4. The standard InChI is InChI=1S/C14H23N3O10.C4H12N2/c18-10(19)5-15(1-3-16(6-11(20)21)7-12(22)23)2-4-17(8-13(24)25)9-14(26)27;1-6-4-2-3-5/h1-9H2,(H,18,19)(H,20,21)(H,22,23)(H,24,25)(H,26,27);6H,2-5H2,1H3. The molecule has 15 nitrogen and oxygen atoms in total. The first-order valence-corrected chi connectivity index (χ1v) is 10.0. The Morgan fingerprint density at radius 2 is 0.879 bits per heavy atom. The molecule has 0 fully saturated rings. The maximum absolute atomic E-state index is 11.0. The lowest BCUT2D eigenvalue weighted by atomic mass is 10.3. The molecule has 0 aromatic carbocycles. The summed E-state index contributed by atoms with van der Waals surface area (Å²) in [6, 6.07) is 0. The molecule has 0 aromatic rings. The van der Waals surface area contributed by atoms with Gasteiger partial charge in [0.1, 0.15) is 0 Å². The van der Waals surface area contributed by atoms with Gasteiger partial charge in [0, 0.05) is 26.2 Å². The van der Waals surface area contributed by atoms with Gasteiger partial charge < -0.3 is 36.6 Å². The highest BCUT2D eigenvalue weighted by molar-refractivity contribution is 5.73. The van der Waals surface area contributed by atoms with Crippen LogP contribution in [0.4, 0.5) is 0 Å². The lowest BCUT2D eigenvalue weighted by molar-refractivity contribution is -0.143. The van der Waals surface area contributed by atoms with Crippen LogP contribution in [0, 0.1) is 0 Å². The fraction of sp³-hybridized carbons (Fsp3) is 0.722. The normalized spacial score (nSPS) is 10.7. The molecule has 0 bridgehead atoms. The van der Waals surface area contributed by atoms with Gasteiger partial charge in [-0.15, -0.1) is 0 Å². The first kappa shape index (κ1) is 32.3. The SMILES string of the molecule is CNCCCN.O=C(O)CN(CCN(CC(=O)O)CC(=O)O)CCN(CC(=O)O)CC(=O)O. The van der Waals surface area contributed by atoms with Crippen molar-refractivity contribution in [2.24, 2.45) is 5.73 Å². The summed E-state index contributed by atoms with van der Waals surface area (Å²) in [6.07, 6.45) is 1.08. The molecule has 0 amide bonds. The van der Waals surface area contributed by atoms with Crippen LogP contribution in [0.2, 0.25) is 0 Å².